The van der Waals surface area contributed by atoms with Crippen molar-refractivity contribution in [3.8, 4) is 11.3 Å². The highest BCUT2D eigenvalue weighted by Gasteiger charge is 2.28. The number of amides is 1. The molecule has 5 nitrogen and oxygen atoms in total. The van der Waals surface area contributed by atoms with Gasteiger partial charge in [0.25, 0.3) is 5.91 Å². The quantitative estimate of drug-likeness (QED) is 0.685. The largest absolute Gasteiger partial charge is 0.335 e. The normalized spacial score (nSPS) is 17.1. The van der Waals surface area contributed by atoms with Gasteiger partial charge in [-0.25, -0.2) is 4.98 Å². The highest BCUT2D eigenvalue weighted by atomic mass is 35.5. The number of aryl methyl sites for hydroxylation is 1. The van der Waals surface area contributed by atoms with Gasteiger partial charge in [0.2, 0.25) is 0 Å². The maximum Gasteiger partial charge on any atom is 0.289 e. The minimum atomic E-state index is -0.0156. The van der Waals surface area contributed by atoms with Crippen LogP contribution in [0.3, 0.4) is 0 Å². The molecule has 1 fully saturated rings. The molecule has 0 bridgehead atoms. The molecule has 138 valence electrons. The number of aromatic nitrogens is 3. The number of likely N-dealkylation sites (tertiary alicyclic amines) is 1. The van der Waals surface area contributed by atoms with Crippen LogP contribution in [-0.2, 0) is 7.05 Å². The number of carbonyl (C=O) groups excluding carboxylic acids is 1. The zero-order chi connectivity index (χ0) is 18.8. The van der Waals surface area contributed by atoms with Crippen molar-refractivity contribution in [2.24, 2.45) is 7.05 Å². The van der Waals surface area contributed by atoms with Crippen molar-refractivity contribution in [2.75, 3.05) is 13.1 Å². The van der Waals surface area contributed by atoms with E-state index in [2.05, 4.69) is 4.98 Å². The maximum absolute atomic E-state index is 12.8. The summed E-state index contributed by atoms with van der Waals surface area (Å²) in [6.45, 7) is 1.42. The maximum atomic E-state index is 12.8. The first-order valence-electron chi connectivity index (χ1n) is 9.11. The van der Waals surface area contributed by atoms with Crippen LogP contribution in [0.15, 0.2) is 54.9 Å². The Morgan fingerprint density at radius 3 is 2.85 bits per heavy atom. The molecule has 2 aromatic heterocycles. The third kappa shape index (κ3) is 3.74. The van der Waals surface area contributed by atoms with E-state index in [1.165, 1.54) is 0 Å². The molecule has 6 heteroatoms. The van der Waals surface area contributed by atoms with Crippen LogP contribution in [0.1, 0.15) is 35.1 Å². The number of piperidine rings is 1. The zero-order valence-corrected chi connectivity index (χ0v) is 15.9. The number of hydrogen-bond donors (Lipinski definition) is 0. The van der Waals surface area contributed by atoms with E-state index >= 15 is 0 Å². The van der Waals surface area contributed by atoms with Crippen molar-refractivity contribution in [2.45, 2.75) is 18.8 Å². The fourth-order valence-electron chi connectivity index (χ4n) is 3.60. The molecule has 1 aliphatic heterocycles. The number of carbonyl (C=O) groups is 1. The predicted molar refractivity (Wildman–Crippen MR) is 106 cm³/mol. The number of rotatable bonds is 3. The number of pyridine rings is 1. The minimum absolute atomic E-state index is 0.0156. The molecule has 3 heterocycles. The molecule has 1 aromatic carbocycles. The number of hydrogen-bond acceptors (Lipinski definition) is 3. The summed E-state index contributed by atoms with van der Waals surface area (Å²) in [6, 6.07) is 13.8. The van der Waals surface area contributed by atoms with Crippen LogP contribution in [-0.4, -0.2) is 38.4 Å². The summed E-state index contributed by atoms with van der Waals surface area (Å²) in [5.74, 6) is 0.691. The van der Waals surface area contributed by atoms with Crippen molar-refractivity contribution >= 4 is 17.5 Å². The van der Waals surface area contributed by atoms with Gasteiger partial charge in [-0.15, -0.1) is 0 Å². The standard InChI is InChI=1S/C21H21ClN4O/c1-25-12-10-23-20(25)21(27)26-11-4-6-16(14-26)19-9-3-8-18(24-19)15-5-2-7-17(22)13-15/h2-3,5,7-10,12-13,16H,4,6,11,14H2,1H3/t16-/m1/s1. The van der Waals surface area contributed by atoms with Crippen LogP contribution in [0.2, 0.25) is 5.02 Å². The van der Waals surface area contributed by atoms with E-state index in [9.17, 15) is 4.79 Å². The highest BCUT2D eigenvalue weighted by molar-refractivity contribution is 6.30. The summed E-state index contributed by atoms with van der Waals surface area (Å²) in [7, 11) is 1.84. The van der Waals surface area contributed by atoms with E-state index in [0.29, 0.717) is 17.4 Å². The molecule has 4 rings (SSSR count). The van der Waals surface area contributed by atoms with Gasteiger partial charge >= 0.3 is 0 Å². The molecule has 0 aliphatic carbocycles. The van der Waals surface area contributed by atoms with Crippen molar-refractivity contribution in [3.63, 3.8) is 0 Å². The van der Waals surface area contributed by atoms with Gasteiger partial charge in [0, 0.05) is 54.7 Å². The summed E-state index contributed by atoms with van der Waals surface area (Å²) in [6.07, 6.45) is 5.44. The first-order valence-corrected chi connectivity index (χ1v) is 9.49. The molecule has 0 spiro atoms. The van der Waals surface area contributed by atoms with Crippen LogP contribution < -0.4 is 0 Å². The van der Waals surface area contributed by atoms with E-state index in [1.807, 2.05) is 54.4 Å². The molecule has 0 unspecified atom stereocenters. The SMILES string of the molecule is Cn1ccnc1C(=O)N1CCC[C@@H](c2cccc(-c3cccc(Cl)c3)n2)C1. The fourth-order valence-corrected chi connectivity index (χ4v) is 3.79. The lowest BCUT2D eigenvalue weighted by molar-refractivity contribution is 0.0690. The summed E-state index contributed by atoms with van der Waals surface area (Å²) in [5, 5.41) is 0.698. The molecule has 0 radical (unpaired) electrons. The predicted octanol–water partition coefficient (Wildman–Crippen LogP) is 4.16. The third-order valence-corrected chi connectivity index (χ3v) is 5.27. The molecule has 27 heavy (non-hydrogen) atoms. The first-order chi connectivity index (χ1) is 13.1. The van der Waals surface area contributed by atoms with Gasteiger partial charge in [-0.2, -0.15) is 0 Å². The van der Waals surface area contributed by atoms with Crippen molar-refractivity contribution in [3.05, 3.63) is 71.4 Å². The van der Waals surface area contributed by atoms with Crippen LogP contribution in [0.5, 0.6) is 0 Å². The molecular formula is C21H21ClN4O. The van der Waals surface area contributed by atoms with E-state index in [4.69, 9.17) is 16.6 Å². The summed E-state index contributed by atoms with van der Waals surface area (Å²) < 4.78 is 1.77. The van der Waals surface area contributed by atoms with Gasteiger partial charge in [0.05, 0.1) is 5.69 Å². The van der Waals surface area contributed by atoms with Gasteiger partial charge < -0.3 is 9.47 Å². The second-order valence-electron chi connectivity index (χ2n) is 6.91. The molecular weight excluding hydrogens is 360 g/mol. The van der Waals surface area contributed by atoms with Crippen molar-refractivity contribution in [1.29, 1.82) is 0 Å². The molecule has 1 atom stereocenters. The monoisotopic (exact) mass is 380 g/mol. The average Bonchev–Trinajstić information content (AvgIpc) is 3.13. The van der Waals surface area contributed by atoms with Gasteiger partial charge in [0.1, 0.15) is 0 Å². The Morgan fingerprint density at radius 2 is 2.07 bits per heavy atom. The average molecular weight is 381 g/mol. The number of imidazole rings is 1. The molecule has 1 aliphatic rings. The zero-order valence-electron chi connectivity index (χ0n) is 15.2. The van der Waals surface area contributed by atoms with Crippen molar-refractivity contribution < 1.29 is 4.79 Å². The Balaban J connectivity index is 1.56. The van der Waals surface area contributed by atoms with Crippen molar-refractivity contribution in [1.82, 2.24) is 19.4 Å². The Morgan fingerprint density at radius 1 is 1.22 bits per heavy atom. The molecule has 3 aromatic rings. The van der Waals surface area contributed by atoms with Crippen LogP contribution in [0.25, 0.3) is 11.3 Å². The van der Waals surface area contributed by atoms with Gasteiger partial charge in [0.15, 0.2) is 5.82 Å². The summed E-state index contributed by atoms with van der Waals surface area (Å²) >= 11 is 6.12. The Labute approximate surface area is 163 Å². The molecule has 1 saturated heterocycles. The minimum Gasteiger partial charge on any atom is -0.335 e. The third-order valence-electron chi connectivity index (χ3n) is 5.03. The lowest BCUT2D eigenvalue weighted by atomic mass is 9.93. The summed E-state index contributed by atoms with van der Waals surface area (Å²) in [4.78, 5) is 23.7. The second-order valence-corrected chi connectivity index (χ2v) is 7.35. The smallest absolute Gasteiger partial charge is 0.289 e. The van der Waals surface area contributed by atoms with Gasteiger partial charge in [-0.05, 0) is 37.1 Å². The number of halogens is 1. The summed E-state index contributed by atoms with van der Waals surface area (Å²) in [5.41, 5.74) is 2.92. The first kappa shape index (κ1) is 17.7. The highest BCUT2D eigenvalue weighted by Crippen LogP contribution is 2.29. The van der Waals surface area contributed by atoms with E-state index in [-0.39, 0.29) is 11.8 Å². The van der Waals surface area contributed by atoms with Crippen LogP contribution >= 0.6 is 11.6 Å². The van der Waals surface area contributed by atoms with E-state index in [0.717, 1.165) is 36.3 Å². The number of nitrogens with zero attached hydrogens (tertiary/aromatic N) is 4. The fraction of sp³-hybridized carbons (Fsp3) is 0.286. The Bertz CT molecular complexity index is 968. The van der Waals surface area contributed by atoms with Crippen LogP contribution in [0, 0.1) is 0 Å². The van der Waals surface area contributed by atoms with Crippen LogP contribution in [0.4, 0.5) is 0 Å². The Hall–Kier alpha value is -2.66. The topological polar surface area (TPSA) is 51.0 Å². The Kier molecular flexibility index (Phi) is 4.94. The van der Waals surface area contributed by atoms with E-state index < -0.39 is 0 Å². The molecule has 0 saturated carbocycles. The lowest BCUT2D eigenvalue weighted by Crippen LogP contribution is -2.40. The van der Waals surface area contributed by atoms with Gasteiger partial charge in [-0.1, -0.05) is 29.8 Å². The molecule has 1 amide bonds. The molecule has 0 N–H and O–H groups in total. The van der Waals surface area contributed by atoms with Gasteiger partial charge in [-0.3, -0.25) is 9.78 Å². The lowest BCUT2D eigenvalue weighted by Gasteiger charge is -2.32. The second kappa shape index (κ2) is 7.53. The van der Waals surface area contributed by atoms with E-state index in [1.54, 1.807) is 17.0 Å². The number of benzene rings is 1.